The first kappa shape index (κ1) is 23.0. The number of ether oxygens (including phenoxy) is 2. The number of piperidine rings is 2. The number of hydrogen-bond donors (Lipinski definition) is 0. The Kier molecular flexibility index (Phi) is 6.02. The van der Waals surface area contributed by atoms with Crippen LogP contribution in [0.5, 0.6) is 0 Å². The number of carbonyl (C=O) groups is 3. The van der Waals surface area contributed by atoms with Crippen LogP contribution in [0.2, 0.25) is 0 Å². The molecule has 2 bridgehead atoms. The molecular weight excluding hydrogens is 424 g/mol. The van der Waals surface area contributed by atoms with Gasteiger partial charge in [0.05, 0.1) is 37.7 Å². The Labute approximate surface area is 192 Å². The van der Waals surface area contributed by atoms with Crippen molar-refractivity contribution in [1.82, 2.24) is 19.8 Å². The molecule has 0 saturated carbocycles. The third-order valence-electron chi connectivity index (χ3n) is 6.85. The highest BCUT2D eigenvalue weighted by Crippen LogP contribution is 2.60. The average molecular weight is 453 g/mol. The maximum absolute atomic E-state index is 14.5. The van der Waals surface area contributed by atoms with E-state index in [2.05, 4.69) is 9.97 Å². The Morgan fingerprint density at radius 3 is 1.73 bits per heavy atom. The molecular formula is C24H28N4O5. The van der Waals surface area contributed by atoms with Gasteiger partial charge in [-0.3, -0.25) is 29.3 Å². The van der Waals surface area contributed by atoms with Gasteiger partial charge in [0.2, 0.25) is 0 Å². The highest BCUT2D eigenvalue weighted by molar-refractivity contribution is 6.17. The number of nitrogens with zero attached hydrogens (tertiary/aromatic N) is 4. The molecule has 2 fully saturated rings. The van der Waals surface area contributed by atoms with E-state index in [1.165, 1.54) is 14.2 Å². The fraction of sp³-hybridized carbons (Fsp3) is 0.458. The van der Waals surface area contributed by atoms with Crippen molar-refractivity contribution >= 4 is 17.7 Å². The number of carbonyl (C=O) groups excluding carboxylic acids is 3. The van der Waals surface area contributed by atoms with Crippen LogP contribution >= 0.6 is 0 Å². The van der Waals surface area contributed by atoms with Crippen LogP contribution in [0.25, 0.3) is 0 Å². The summed E-state index contributed by atoms with van der Waals surface area (Å²) in [5.41, 5.74) is -2.25. The Morgan fingerprint density at radius 2 is 1.39 bits per heavy atom. The van der Waals surface area contributed by atoms with Crippen LogP contribution < -0.4 is 0 Å². The molecule has 4 rings (SSSR count). The lowest BCUT2D eigenvalue weighted by Gasteiger charge is -2.60. The number of Topliss-reactive ketones (excluding diaryl/α,β-unsaturated/α-hetero) is 1. The lowest BCUT2D eigenvalue weighted by molar-refractivity contribution is -0.204. The maximum Gasteiger partial charge on any atom is 0.322 e. The molecule has 0 aromatic carbocycles. The van der Waals surface area contributed by atoms with E-state index in [0.717, 1.165) is 0 Å². The minimum Gasteiger partial charge on any atom is -0.468 e. The van der Waals surface area contributed by atoms with Crippen molar-refractivity contribution in [2.75, 3.05) is 40.9 Å². The predicted molar refractivity (Wildman–Crippen MR) is 118 cm³/mol. The molecule has 0 spiro atoms. The summed E-state index contributed by atoms with van der Waals surface area (Å²) >= 11 is 0. The van der Waals surface area contributed by atoms with Gasteiger partial charge < -0.3 is 14.4 Å². The van der Waals surface area contributed by atoms with Crippen molar-refractivity contribution in [3.63, 3.8) is 0 Å². The Hall–Kier alpha value is -3.17. The van der Waals surface area contributed by atoms with Crippen LogP contribution in [-0.4, -0.2) is 78.4 Å². The fourth-order valence-corrected chi connectivity index (χ4v) is 5.77. The van der Waals surface area contributed by atoms with Gasteiger partial charge in [0.15, 0.2) is 16.6 Å². The molecule has 2 unspecified atom stereocenters. The topological polar surface area (TPSA) is 102 Å². The first-order valence-corrected chi connectivity index (χ1v) is 10.9. The van der Waals surface area contributed by atoms with Crippen LogP contribution in [0.1, 0.15) is 30.4 Å². The lowest BCUT2D eigenvalue weighted by atomic mass is 9.54. The largest absolute Gasteiger partial charge is 0.468 e. The molecule has 4 atom stereocenters. The maximum atomic E-state index is 14.5. The molecule has 174 valence electrons. The Morgan fingerprint density at radius 1 is 0.939 bits per heavy atom. The number of aromatic nitrogens is 2. The zero-order chi connectivity index (χ0) is 23.8. The molecule has 0 amide bonds. The second kappa shape index (κ2) is 8.64. The van der Waals surface area contributed by atoms with Crippen LogP contribution in [0.15, 0.2) is 48.8 Å². The SMILES string of the molecule is CCN1[C@@H](c2ccccn2)C2(C(=O)OC)CN(C)CC(C(=O)OC)(C2=O)[C@@H]1c1ccccn1. The quantitative estimate of drug-likeness (QED) is 0.492. The summed E-state index contributed by atoms with van der Waals surface area (Å²) in [7, 11) is 4.30. The molecule has 2 aromatic heterocycles. The highest BCUT2D eigenvalue weighted by Gasteiger charge is 2.75. The van der Waals surface area contributed by atoms with Gasteiger partial charge in [0, 0.05) is 25.5 Å². The molecule has 0 radical (unpaired) electrons. The van der Waals surface area contributed by atoms with Crippen LogP contribution in [0.3, 0.4) is 0 Å². The van der Waals surface area contributed by atoms with Gasteiger partial charge in [-0.05, 0) is 37.9 Å². The smallest absolute Gasteiger partial charge is 0.322 e. The summed E-state index contributed by atoms with van der Waals surface area (Å²) in [6.07, 6.45) is 3.26. The monoisotopic (exact) mass is 452 g/mol. The molecule has 0 N–H and O–H groups in total. The van der Waals surface area contributed by atoms with Gasteiger partial charge in [-0.15, -0.1) is 0 Å². The van der Waals surface area contributed by atoms with Gasteiger partial charge in [0.1, 0.15) is 0 Å². The standard InChI is InChI=1S/C24H28N4O5/c1-5-28-18(16-10-6-8-12-25-16)23(21(30)32-3)14-27(2)15-24(20(23)29,22(31)33-4)19(28)17-11-7-9-13-26-17/h6-13,18-19H,5,14-15H2,1-4H3/t18-,19-,23?,24?/m0/s1. The van der Waals surface area contributed by atoms with E-state index in [9.17, 15) is 14.4 Å². The van der Waals surface area contributed by atoms with E-state index >= 15 is 0 Å². The number of hydrogen-bond acceptors (Lipinski definition) is 9. The number of rotatable bonds is 5. The summed E-state index contributed by atoms with van der Waals surface area (Å²) in [6, 6.07) is 9.23. The normalized spacial score (nSPS) is 30.0. The molecule has 9 nitrogen and oxygen atoms in total. The molecule has 4 heterocycles. The number of ketones is 1. The van der Waals surface area contributed by atoms with Crippen molar-refractivity contribution in [2.24, 2.45) is 10.8 Å². The molecule has 2 aliphatic heterocycles. The zero-order valence-corrected chi connectivity index (χ0v) is 19.2. The number of pyridine rings is 2. The van der Waals surface area contributed by atoms with Crippen molar-refractivity contribution in [3.8, 4) is 0 Å². The van der Waals surface area contributed by atoms with Crippen molar-refractivity contribution in [2.45, 2.75) is 19.0 Å². The molecule has 33 heavy (non-hydrogen) atoms. The van der Waals surface area contributed by atoms with Gasteiger partial charge in [0.25, 0.3) is 0 Å². The number of likely N-dealkylation sites (tertiary alicyclic amines) is 2. The summed E-state index contributed by atoms with van der Waals surface area (Å²) in [5.74, 6) is -1.90. The van der Waals surface area contributed by atoms with Crippen molar-refractivity contribution in [1.29, 1.82) is 0 Å². The van der Waals surface area contributed by atoms with Gasteiger partial charge >= 0.3 is 11.9 Å². The van der Waals surface area contributed by atoms with E-state index in [1.807, 2.05) is 28.9 Å². The summed E-state index contributed by atoms with van der Waals surface area (Å²) < 4.78 is 10.4. The lowest BCUT2D eigenvalue weighted by Crippen LogP contribution is -2.75. The Balaban J connectivity index is 2.10. The third-order valence-corrected chi connectivity index (χ3v) is 6.85. The van der Waals surface area contributed by atoms with E-state index in [4.69, 9.17) is 9.47 Å². The van der Waals surface area contributed by atoms with E-state index < -0.39 is 40.6 Å². The zero-order valence-electron chi connectivity index (χ0n) is 19.2. The minimum atomic E-state index is -1.68. The van der Waals surface area contributed by atoms with Crippen LogP contribution in [0, 0.1) is 10.8 Å². The average Bonchev–Trinajstić information content (AvgIpc) is 2.85. The third kappa shape index (κ3) is 3.18. The number of methoxy groups -OCH3 is 2. The van der Waals surface area contributed by atoms with E-state index in [-0.39, 0.29) is 13.1 Å². The predicted octanol–water partition coefficient (Wildman–Crippen LogP) is 1.43. The first-order chi connectivity index (χ1) is 15.9. The fourth-order valence-electron chi connectivity index (χ4n) is 5.77. The second-order valence-electron chi connectivity index (χ2n) is 8.57. The van der Waals surface area contributed by atoms with Crippen LogP contribution in [0.4, 0.5) is 0 Å². The number of esters is 2. The van der Waals surface area contributed by atoms with Crippen molar-refractivity contribution < 1.29 is 23.9 Å². The summed E-state index contributed by atoms with van der Waals surface area (Å²) in [6.45, 7) is 2.53. The molecule has 0 aliphatic carbocycles. The number of fused-ring (bicyclic) bond motifs is 2. The summed E-state index contributed by atoms with van der Waals surface area (Å²) in [5, 5.41) is 0. The van der Waals surface area contributed by atoms with E-state index in [0.29, 0.717) is 17.9 Å². The van der Waals surface area contributed by atoms with Gasteiger partial charge in [-0.1, -0.05) is 19.1 Å². The van der Waals surface area contributed by atoms with E-state index in [1.54, 1.807) is 43.7 Å². The minimum absolute atomic E-state index is 0.0872. The van der Waals surface area contributed by atoms with Crippen molar-refractivity contribution in [3.05, 3.63) is 60.2 Å². The van der Waals surface area contributed by atoms with Crippen LogP contribution in [-0.2, 0) is 23.9 Å². The molecule has 2 aliphatic rings. The first-order valence-electron chi connectivity index (χ1n) is 10.9. The highest BCUT2D eigenvalue weighted by atomic mass is 16.5. The molecule has 2 saturated heterocycles. The molecule has 2 aromatic rings. The molecule has 9 heteroatoms. The van der Waals surface area contributed by atoms with Gasteiger partial charge in [-0.25, -0.2) is 0 Å². The Bertz CT molecular complexity index is 970. The summed E-state index contributed by atoms with van der Waals surface area (Å²) in [4.78, 5) is 54.4. The second-order valence-corrected chi connectivity index (χ2v) is 8.57. The van der Waals surface area contributed by atoms with Gasteiger partial charge in [-0.2, -0.15) is 0 Å².